The van der Waals surface area contributed by atoms with Crippen LogP contribution in [0.3, 0.4) is 0 Å². The minimum absolute atomic E-state index is 0.0190. The molecule has 0 rings (SSSR count). The number of rotatable bonds is 6. The van der Waals surface area contributed by atoms with Gasteiger partial charge in [-0.3, -0.25) is 9.09 Å². The van der Waals surface area contributed by atoms with Crippen molar-refractivity contribution in [1.29, 1.82) is 0 Å². The first-order chi connectivity index (χ1) is 5.18. The van der Waals surface area contributed by atoms with Gasteiger partial charge in [-0.2, -0.15) is 0 Å². The average molecular weight is 183 g/mol. The highest BCUT2D eigenvalue weighted by molar-refractivity contribution is 7.53. The smallest absolute Gasteiger partial charge is 0.331 e. The Morgan fingerprint density at radius 3 is 2.55 bits per heavy atom. The zero-order chi connectivity index (χ0) is 8.74. The van der Waals surface area contributed by atoms with Gasteiger partial charge >= 0.3 is 7.60 Å². The molecule has 0 aromatic heterocycles. The zero-order valence-corrected chi connectivity index (χ0v) is 7.42. The molecule has 0 amide bonds. The molecule has 0 heterocycles. The van der Waals surface area contributed by atoms with Crippen molar-refractivity contribution in [3.8, 4) is 0 Å². The average Bonchev–Trinajstić information content (AvgIpc) is 2.02. The third-order valence-electron chi connectivity index (χ3n) is 1.04. The summed E-state index contributed by atoms with van der Waals surface area (Å²) >= 11 is 0. The summed E-state index contributed by atoms with van der Waals surface area (Å²) in [7, 11) is -3.00. The van der Waals surface area contributed by atoms with E-state index in [2.05, 4.69) is 4.52 Å². The van der Waals surface area contributed by atoms with Crippen LogP contribution in [0, 0.1) is 0 Å². The van der Waals surface area contributed by atoms with E-state index in [0.29, 0.717) is 0 Å². The van der Waals surface area contributed by atoms with Gasteiger partial charge in [0.1, 0.15) is 6.73 Å². The summed E-state index contributed by atoms with van der Waals surface area (Å²) in [6.07, 6.45) is 0.268. The van der Waals surface area contributed by atoms with Crippen molar-refractivity contribution in [2.45, 2.75) is 6.92 Å². The molecule has 1 unspecified atom stereocenters. The number of hydrogen-bond acceptors (Lipinski definition) is 5. The fourth-order valence-electron chi connectivity index (χ4n) is 0.513. The normalized spacial score (nSPS) is 16.3. The molecular formula is C5H14NO4P. The number of aliphatic hydroxyl groups excluding tert-OH is 1. The van der Waals surface area contributed by atoms with Crippen LogP contribution in [-0.2, 0) is 13.6 Å². The van der Waals surface area contributed by atoms with Crippen LogP contribution >= 0.6 is 7.60 Å². The maximum absolute atomic E-state index is 11.3. The molecule has 0 aromatic carbocycles. The second kappa shape index (κ2) is 5.69. The molecule has 0 aliphatic carbocycles. The maximum atomic E-state index is 11.3. The Kier molecular flexibility index (Phi) is 5.72. The number of aliphatic hydroxyl groups is 1. The van der Waals surface area contributed by atoms with E-state index < -0.39 is 7.60 Å². The summed E-state index contributed by atoms with van der Waals surface area (Å²) in [5.41, 5.74) is 5.02. The zero-order valence-electron chi connectivity index (χ0n) is 6.52. The van der Waals surface area contributed by atoms with E-state index in [1.165, 1.54) is 0 Å². The summed E-state index contributed by atoms with van der Waals surface area (Å²) in [6.45, 7) is 1.40. The molecule has 0 saturated carbocycles. The molecule has 0 aliphatic heterocycles. The Morgan fingerprint density at radius 2 is 2.18 bits per heavy atom. The van der Waals surface area contributed by atoms with Crippen molar-refractivity contribution >= 4 is 7.60 Å². The second-order valence-electron chi connectivity index (χ2n) is 1.78. The molecule has 0 fully saturated rings. The largest absolute Gasteiger partial charge is 0.394 e. The lowest BCUT2D eigenvalue weighted by molar-refractivity contribution is 0.163. The maximum Gasteiger partial charge on any atom is 0.331 e. The first kappa shape index (κ1) is 11.1. The van der Waals surface area contributed by atoms with Crippen molar-refractivity contribution in [1.82, 2.24) is 0 Å². The molecule has 5 nitrogen and oxygen atoms in total. The first-order valence-corrected chi connectivity index (χ1v) is 5.10. The van der Waals surface area contributed by atoms with Crippen molar-refractivity contribution in [2.24, 2.45) is 5.73 Å². The molecule has 3 N–H and O–H groups in total. The van der Waals surface area contributed by atoms with Gasteiger partial charge in [-0.1, -0.05) is 6.92 Å². The van der Waals surface area contributed by atoms with Crippen LogP contribution in [0.25, 0.3) is 0 Å². The van der Waals surface area contributed by atoms with Gasteiger partial charge < -0.3 is 15.4 Å². The molecule has 0 bridgehead atoms. The highest BCUT2D eigenvalue weighted by atomic mass is 31.2. The highest BCUT2D eigenvalue weighted by Crippen LogP contribution is 2.46. The van der Waals surface area contributed by atoms with E-state index in [0.717, 1.165) is 0 Å². The molecule has 0 aliphatic rings. The lowest BCUT2D eigenvalue weighted by Gasteiger charge is -2.14. The van der Waals surface area contributed by atoms with Crippen molar-refractivity contribution < 1.29 is 18.7 Å². The molecule has 1 atom stereocenters. The summed E-state index contributed by atoms with van der Waals surface area (Å²) in [5, 5.41) is 8.36. The van der Waals surface area contributed by atoms with Gasteiger partial charge in [0, 0.05) is 6.16 Å². The Balaban J connectivity index is 3.79. The van der Waals surface area contributed by atoms with Crippen LogP contribution in [0.4, 0.5) is 0 Å². The molecule has 68 valence electrons. The van der Waals surface area contributed by atoms with Crippen LogP contribution < -0.4 is 5.73 Å². The second-order valence-corrected chi connectivity index (χ2v) is 4.15. The van der Waals surface area contributed by atoms with Gasteiger partial charge in [-0.25, -0.2) is 0 Å². The van der Waals surface area contributed by atoms with Gasteiger partial charge in [-0.05, 0) is 0 Å². The van der Waals surface area contributed by atoms with Crippen LogP contribution in [-0.4, -0.2) is 31.2 Å². The minimum atomic E-state index is -3.00. The first-order valence-electron chi connectivity index (χ1n) is 3.37. The van der Waals surface area contributed by atoms with Gasteiger partial charge in [-0.15, -0.1) is 0 Å². The van der Waals surface area contributed by atoms with Crippen LogP contribution in [0.5, 0.6) is 0 Å². The topological polar surface area (TPSA) is 81.8 Å². The molecule has 0 spiro atoms. The lowest BCUT2D eigenvalue weighted by Crippen LogP contribution is -2.08. The highest BCUT2D eigenvalue weighted by Gasteiger charge is 2.20. The number of hydrogen-bond donors (Lipinski definition) is 2. The van der Waals surface area contributed by atoms with Crippen LogP contribution in [0.2, 0.25) is 0 Å². The van der Waals surface area contributed by atoms with E-state index in [4.69, 9.17) is 15.4 Å². The Bertz CT molecular complexity index is 140. The quantitative estimate of drug-likeness (QED) is 0.452. The molecule has 0 aromatic rings. The molecule has 11 heavy (non-hydrogen) atoms. The van der Waals surface area contributed by atoms with Crippen LogP contribution in [0.15, 0.2) is 0 Å². The standard InChI is InChI=1S/C5H14NO4P/c1-2-11(8,10-5-6)9-4-3-7/h7H,2-6H2,1H3. The van der Waals surface area contributed by atoms with E-state index in [1.54, 1.807) is 6.92 Å². The molecular weight excluding hydrogens is 169 g/mol. The third-order valence-corrected chi connectivity index (χ3v) is 2.93. The van der Waals surface area contributed by atoms with E-state index >= 15 is 0 Å². The van der Waals surface area contributed by atoms with Crippen molar-refractivity contribution in [3.63, 3.8) is 0 Å². The van der Waals surface area contributed by atoms with E-state index in [-0.39, 0.29) is 26.1 Å². The monoisotopic (exact) mass is 183 g/mol. The van der Waals surface area contributed by atoms with E-state index in [1.807, 2.05) is 0 Å². The number of nitrogens with two attached hydrogens (primary N) is 1. The van der Waals surface area contributed by atoms with Gasteiger partial charge in [0.2, 0.25) is 0 Å². The summed E-state index contributed by atoms with van der Waals surface area (Å²) in [5.74, 6) is 0. The Morgan fingerprint density at radius 1 is 1.55 bits per heavy atom. The predicted octanol–water partition coefficient (Wildman–Crippen LogP) is 0.141. The minimum Gasteiger partial charge on any atom is -0.394 e. The fourth-order valence-corrected chi connectivity index (χ4v) is 1.54. The SMILES string of the molecule is CCP(=O)(OCN)OCCO. The third kappa shape index (κ3) is 4.50. The molecule has 0 radical (unpaired) electrons. The van der Waals surface area contributed by atoms with Gasteiger partial charge in [0.05, 0.1) is 13.2 Å². The summed E-state index contributed by atoms with van der Waals surface area (Å²) in [6, 6.07) is 0. The van der Waals surface area contributed by atoms with Crippen LogP contribution in [0.1, 0.15) is 6.92 Å². The molecule has 0 saturated heterocycles. The van der Waals surface area contributed by atoms with E-state index in [9.17, 15) is 4.57 Å². The summed E-state index contributed by atoms with van der Waals surface area (Å²) < 4.78 is 20.8. The summed E-state index contributed by atoms with van der Waals surface area (Å²) in [4.78, 5) is 0. The van der Waals surface area contributed by atoms with Gasteiger partial charge in [0.25, 0.3) is 0 Å². The van der Waals surface area contributed by atoms with Gasteiger partial charge in [0.15, 0.2) is 0 Å². The Labute approximate surface area is 66.0 Å². The van der Waals surface area contributed by atoms with Crippen molar-refractivity contribution in [2.75, 3.05) is 26.1 Å². The molecule has 6 heteroatoms. The van der Waals surface area contributed by atoms with Crippen molar-refractivity contribution in [3.05, 3.63) is 0 Å². The fraction of sp³-hybridized carbons (Fsp3) is 1.00. The predicted molar refractivity (Wildman–Crippen MR) is 41.3 cm³/mol. The Hall–Kier alpha value is 0.0700. The lowest BCUT2D eigenvalue weighted by atomic mass is 10.8.